The number of carbonyl (C=O) groups is 1. The minimum absolute atomic E-state index is 0.126. The molecule has 0 atom stereocenters. The molecule has 1 aliphatic heterocycles. The van der Waals surface area contributed by atoms with Crippen molar-refractivity contribution in [2.24, 2.45) is 0 Å². The average molecular weight is 381 g/mol. The molecular formula is C22H27N3O3. The summed E-state index contributed by atoms with van der Waals surface area (Å²) in [6.07, 6.45) is 0.690. The van der Waals surface area contributed by atoms with Gasteiger partial charge in [0.1, 0.15) is 0 Å². The van der Waals surface area contributed by atoms with E-state index in [1.807, 2.05) is 39.2 Å². The molecule has 0 spiro atoms. The van der Waals surface area contributed by atoms with Gasteiger partial charge in [0.15, 0.2) is 11.5 Å². The Morgan fingerprint density at radius 3 is 2.29 bits per heavy atom. The number of fused-ring (bicyclic) bond motifs is 1. The second-order valence-electron chi connectivity index (χ2n) is 6.97. The summed E-state index contributed by atoms with van der Waals surface area (Å²) in [4.78, 5) is 14.8. The van der Waals surface area contributed by atoms with E-state index in [1.54, 1.807) is 20.3 Å². The molecule has 28 heavy (non-hydrogen) atoms. The van der Waals surface area contributed by atoms with E-state index in [4.69, 9.17) is 9.47 Å². The smallest absolute Gasteiger partial charge is 0.258 e. The highest BCUT2D eigenvalue weighted by Gasteiger charge is 2.29. The van der Waals surface area contributed by atoms with E-state index in [1.165, 1.54) is 5.56 Å². The number of allylic oxidation sites excluding steroid dienone is 1. The van der Waals surface area contributed by atoms with Crippen LogP contribution in [0.2, 0.25) is 0 Å². The van der Waals surface area contributed by atoms with Crippen molar-refractivity contribution in [1.29, 1.82) is 0 Å². The molecule has 2 aromatic carbocycles. The van der Waals surface area contributed by atoms with E-state index in [-0.39, 0.29) is 5.91 Å². The van der Waals surface area contributed by atoms with Crippen LogP contribution in [0.3, 0.4) is 0 Å². The van der Waals surface area contributed by atoms with Crippen LogP contribution in [0.1, 0.15) is 24.5 Å². The maximum Gasteiger partial charge on any atom is 0.258 e. The average Bonchev–Trinajstić information content (AvgIpc) is 3.00. The fourth-order valence-electron chi connectivity index (χ4n) is 3.36. The van der Waals surface area contributed by atoms with Crippen LogP contribution in [0.15, 0.2) is 42.1 Å². The number of benzene rings is 2. The first kappa shape index (κ1) is 19.8. The number of nitrogens with one attached hydrogen (secondary N) is 2. The van der Waals surface area contributed by atoms with Gasteiger partial charge in [0.05, 0.1) is 25.5 Å². The molecule has 1 amide bonds. The maximum absolute atomic E-state index is 12.7. The fraction of sp³-hybridized carbons (Fsp3) is 0.318. The first-order chi connectivity index (χ1) is 13.5. The molecule has 3 rings (SSSR count). The van der Waals surface area contributed by atoms with E-state index in [0.29, 0.717) is 23.5 Å². The zero-order chi connectivity index (χ0) is 20.3. The molecule has 0 saturated carbocycles. The molecule has 6 nitrogen and oxygen atoms in total. The molecule has 1 aliphatic rings. The molecule has 0 radical (unpaired) electrons. The van der Waals surface area contributed by atoms with Gasteiger partial charge in [0.25, 0.3) is 5.91 Å². The Morgan fingerprint density at radius 1 is 1.07 bits per heavy atom. The van der Waals surface area contributed by atoms with Gasteiger partial charge in [-0.25, -0.2) is 0 Å². The summed E-state index contributed by atoms with van der Waals surface area (Å²) in [5.41, 5.74) is 5.23. The van der Waals surface area contributed by atoms with Crippen molar-refractivity contribution in [3.63, 3.8) is 0 Å². The van der Waals surface area contributed by atoms with Crippen molar-refractivity contribution in [2.75, 3.05) is 38.9 Å². The predicted octanol–water partition coefficient (Wildman–Crippen LogP) is 3.95. The Balaban J connectivity index is 1.96. The van der Waals surface area contributed by atoms with Gasteiger partial charge in [-0.05, 0) is 44.3 Å². The highest BCUT2D eigenvalue weighted by Crippen LogP contribution is 2.42. The van der Waals surface area contributed by atoms with Crippen LogP contribution < -0.4 is 20.1 Å². The summed E-state index contributed by atoms with van der Waals surface area (Å²) >= 11 is 0. The highest BCUT2D eigenvalue weighted by atomic mass is 16.5. The van der Waals surface area contributed by atoms with Gasteiger partial charge >= 0.3 is 0 Å². The van der Waals surface area contributed by atoms with Gasteiger partial charge in [0.2, 0.25) is 0 Å². The van der Waals surface area contributed by atoms with E-state index in [9.17, 15) is 4.79 Å². The Labute approximate surface area is 166 Å². The molecule has 2 aromatic rings. The number of ether oxygens (including phenoxy) is 2. The number of nitrogens with zero attached hydrogens (tertiary/aromatic N) is 1. The SMILES string of the molecule is CCC(Nc1ccc(CN(C)C)cc1)=C1C(=O)Nc2cc(OC)c(OC)cc21. The third-order valence-electron chi connectivity index (χ3n) is 4.67. The quantitative estimate of drug-likeness (QED) is 0.711. The Morgan fingerprint density at radius 2 is 1.71 bits per heavy atom. The van der Waals surface area contributed by atoms with Gasteiger partial charge in [-0.1, -0.05) is 19.1 Å². The predicted molar refractivity (Wildman–Crippen MR) is 113 cm³/mol. The highest BCUT2D eigenvalue weighted by molar-refractivity contribution is 6.32. The van der Waals surface area contributed by atoms with E-state index in [2.05, 4.69) is 27.7 Å². The molecule has 0 aliphatic carbocycles. The molecule has 0 bridgehead atoms. The van der Waals surface area contributed by atoms with Crippen molar-refractivity contribution in [2.45, 2.75) is 19.9 Å². The van der Waals surface area contributed by atoms with E-state index >= 15 is 0 Å². The zero-order valence-corrected chi connectivity index (χ0v) is 17.1. The van der Waals surface area contributed by atoms with Crippen molar-refractivity contribution < 1.29 is 14.3 Å². The lowest BCUT2D eigenvalue weighted by Gasteiger charge is -2.15. The summed E-state index contributed by atoms with van der Waals surface area (Å²) in [7, 11) is 7.26. The van der Waals surface area contributed by atoms with Gasteiger partial charge in [0, 0.05) is 29.6 Å². The first-order valence-electron chi connectivity index (χ1n) is 9.28. The summed E-state index contributed by atoms with van der Waals surface area (Å²) in [5, 5.41) is 6.35. The normalized spacial score (nSPS) is 14.6. The van der Waals surface area contributed by atoms with Crippen LogP contribution >= 0.6 is 0 Å². The van der Waals surface area contributed by atoms with Crippen LogP contribution in [0.5, 0.6) is 11.5 Å². The maximum atomic E-state index is 12.7. The van der Waals surface area contributed by atoms with Gasteiger partial charge < -0.3 is 25.0 Å². The van der Waals surface area contributed by atoms with Crippen molar-refractivity contribution in [3.8, 4) is 11.5 Å². The number of methoxy groups -OCH3 is 2. The molecule has 0 unspecified atom stereocenters. The number of amides is 1. The number of hydrogen-bond donors (Lipinski definition) is 2. The molecule has 2 N–H and O–H groups in total. The van der Waals surface area contributed by atoms with Crippen LogP contribution in [-0.2, 0) is 11.3 Å². The Bertz CT molecular complexity index is 902. The minimum Gasteiger partial charge on any atom is -0.493 e. The molecular weight excluding hydrogens is 354 g/mol. The monoisotopic (exact) mass is 381 g/mol. The molecule has 1 heterocycles. The number of carbonyl (C=O) groups excluding carboxylic acids is 1. The second kappa shape index (κ2) is 8.35. The summed E-state index contributed by atoms with van der Waals surface area (Å²) in [6, 6.07) is 11.9. The van der Waals surface area contributed by atoms with Crippen LogP contribution in [-0.4, -0.2) is 39.1 Å². The lowest BCUT2D eigenvalue weighted by atomic mass is 10.0. The fourth-order valence-corrected chi connectivity index (χ4v) is 3.36. The third kappa shape index (κ3) is 3.97. The van der Waals surface area contributed by atoms with E-state index < -0.39 is 0 Å². The number of rotatable bonds is 7. The van der Waals surface area contributed by atoms with Crippen LogP contribution in [0.4, 0.5) is 11.4 Å². The minimum atomic E-state index is -0.126. The van der Waals surface area contributed by atoms with E-state index in [0.717, 1.165) is 29.2 Å². The lowest BCUT2D eigenvalue weighted by molar-refractivity contribution is -0.110. The standard InChI is InChI=1S/C22H27N3O3/c1-6-17(23-15-9-7-14(8-10-15)13-25(2)3)21-16-11-19(27-4)20(28-5)12-18(16)24-22(21)26/h7-12,23H,6,13H2,1-5H3,(H,24,26). The summed E-state index contributed by atoms with van der Waals surface area (Å²) in [5.74, 6) is 1.06. The largest absolute Gasteiger partial charge is 0.493 e. The third-order valence-corrected chi connectivity index (χ3v) is 4.67. The molecule has 6 heteroatoms. The number of anilines is 2. The van der Waals surface area contributed by atoms with Crippen LogP contribution in [0.25, 0.3) is 5.57 Å². The molecule has 148 valence electrons. The topological polar surface area (TPSA) is 62.8 Å². The number of hydrogen-bond acceptors (Lipinski definition) is 5. The first-order valence-corrected chi connectivity index (χ1v) is 9.28. The molecule has 0 aromatic heterocycles. The summed E-state index contributed by atoms with van der Waals surface area (Å²) in [6.45, 7) is 2.92. The van der Waals surface area contributed by atoms with Gasteiger partial charge in [-0.3, -0.25) is 4.79 Å². The van der Waals surface area contributed by atoms with Gasteiger partial charge in [-0.2, -0.15) is 0 Å². The van der Waals surface area contributed by atoms with Crippen LogP contribution in [0, 0.1) is 0 Å². The van der Waals surface area contributed by atoms with Crippen molar-refractivity contribution >= 4 is 22.9 Å². The zero-order valence-electron chi connectivity index (χ0n) is 17.1. The molecule has 0 saturated heterocycles. The Kier molecular flexibility index (Phi) is 5.90. The van der Waals surface area contributed by atoms with Crippen molar-refractivity contribution in [3.05, 3.63) is 53.2 Å². The second-order valence-corrected chi connectivity index (χ2v) is 6.97. The molecule has 0 fully saturated rings. The Hall–Kier alpha value is -2.99. The lowest BCUT2D eigenvalue weighted by Crippen LogP contribution is -2.11. The van der Waals surface area contributed by atoms with Gasteiger partial charge in [-0.15, -0.1) is 0 Å². The summed E-state index contributed by atoms with van der Waals surface area (Å²) < 4.78 is 10.8. The van der Waals surface area contributed by atoms with Crippen molar-refractivity contribution in [1.82, 2.24) is 4.90 Å².